The first-order valence-corrected chi connectivity index (χ1v) is 11.2. The molecular weight excluding hydrogens is 428 g/mol. The average Bonchev–Trinajstić information content (AvgIpc) is 3.07. The number of ether oxygens (including phenoxy) is 2. The Balaban J connectivity index is 1.75. The van der Waals surface area contributed by atoms with Crippen LogP contribution in [0.2, 0.25) is 0 Å². The number of aryl methyl sites for hydroxylation is 1. The molecule has 34 heavy (non-hydrogen) atoms. The molecule has 0 unspecified atom stereocenters. The molecule has 6 heteroatoms. The predicted molar refractivity (Wildman–Crippen MR) is 134 cm³/mol. The maximum atomic E-state index is 13.6. The number of methoxy groups -OCH3 is 1. The molecule has 2 amide bonds. The van der Waals surface area contributed by atoms with Gasteiger partial charge in [-0.1, -0.05) is 44.2 Å². The zero-order valence-corrected chi connectivity index (χ0v) is 19.8. The molecule has 0 radical (unpaired) electrons. The highest BCUT2D eigenvalue weighted by atomic mass is 16.5. The highest BCUT2D eigenvalue weighted by Gasteiger charge is 2.40. The van der Waals surface area contributed by atoms with Crippen LogP contribution in [0.5, 0.6) is 11.5 Å². The number of hydrogen-bond donors (Lipinski definition) is 1. The molecular formula is C28H28N2O4. The summed E-state index contributed by atoms with van der Waals surface area (Å²) in [4.78, 5) is 28.4. The van der Waals surface area contributed by atoms with E-state index >= 15 is 0 Å². The molecule has 3 aromatic rings. The van der Waals surface area contributed by atoms with Gasteiger partial charge < -0.3 is 14.8 Å². The Bertz CT molecular complexity index is 1250. The molecule has 174 valence electrons. The summed E-state index contributed by atoms with van der Waals surface area (Å²) in [5.74, 6) is 0.974. The van der Waals surface area contributed by atoms with Crippen molar-refractivity contribution in [2.24, 2.45) is 5.92 Å². The molecule has 0 atom stereocenters. The second-order valence-electron chi connectivity index (χ2n) is 8.62. The molecule has 1 aliphatic heterocycles. The van der Waals surface area contributed by atoms with Crippen LogP contribution in [-0.4, -0.2) is 25.5 Å². The van der Waals surface area contributed by atoms with E-state index in [0.29, 0.717) is 46.5 Å². The van der Waals surface area contributed by atoms with Crippen LogP contribution in [0.3, 0.4) is 0 Å². The van der Waals surface area contributed by atoms with Gasteiger partial charge in [-0.05, 0) is 60.4 Å². The number of nitrogens with one attached hydrogen (secondary N) is 1. The zero-order chi connectivity index (χ0) is 24.2. The standard InChI is InChI=1S/C28H28N2O4/c1-18(2)17-34-23-13-11-20(12-14-23)25-26(29-21-8-6-10-24(16-21)33-4)28(32)30(27(25)31)22-9-5-7-19(3)15-22/h5-16,18,29H,17H2,1-4H3. The minimum Gasteiger partial charge on any atom is -0.497 e. The molecule has 6 nitrogen and oxygen atoms in total. The second-order valence-corrected chi connectivity index (χ2v) is 8.62. The number of carbonyl (C=O) groups is 2. The van der Waals surface area contributed by atoms with Crippen molar-refractivity contribution in [3.8, 4) is 11.5 Å². The van der Waals surface area contributed by atoms with Crippen molar-refractivity contribution in [1.82, 2.24) is 0 Å². The van der Waals surface area contributed by atoms with E-state index in [1.807, 2.05) is 67.6 Å². The fourth-order valence-electron chi connectivity index (χ4n) is 3.74. The first-order valence-electron chi connectivity index (χ1n) is 11.2. The van der Waals surface area contributed by atoms with E-state index in [1.165, 1.54) is 4.90 Å². The van der Waals surface area contributed by atoms with Gasteiger partial charge in [0.1, 0.15) is 17.2 Å². The molecule has 1 heterocycles. The molecule has 1 N–H and O–H groups in total. The van der Waals surface area contributed by atoms with Crippen molar-refractivity contribution >= 4 is 28.8 Å². The number of carbonyl (C=O) groups excluding carboxylic acids is 2. The predicted octanol–water partition coefficient (Wildman–Crippen LogP) is 5.44. The Labute approximate surface area is 199 Å². The molecule has 4 rings (SSSR count). The number of rotatable bonds is 8. The minimum absolute atomic E-state index is 0.218. The topological polar surface area (TPSA) is 67.9 Å². The molecule has 0 aliphatic carbocycles. The Morgan fingerprint density at radius 1 is 0.882 bits per heavy atom. The molecule has 0 bridgehead atoms. The highest BCUT2D eigenvalue weighted by Crippen LogP contribution is 2.35. The van der Waals surface area contributed by atoms with E-state index in [4.69, 9.17) is 9.47 Å². The smallest absolute Gasteiger partial charge is 0.282 e. The maximum absolute atomic E-state index is 13.6. The SMILES string of the molecule is COc1cccc(NC2=C(c3ccc(OCC(C)C)cc3)C(=O)N(c3cccc(C)c3)C2=O)c1. The Kier molecular flexibility index (Phi) is 6.68. The summed E-state index contributed by atoms with van der Waals surface area (Å²) in [7, 11) is 1.58. The Morgan fingerprint density at radius 2 is 1.62 bits per heavy atom. The summed E-state index contributed by atoms with van der Waals surface area (Å²) in [5.41, 5.74) is 3.31. The largest absolute Gasteiger partial charge is 0.497 e. The van der Waals surface area contributed by atoms with Crippen molar-refractivity contribution in [2.75, 3.05) is 23.9 Å². The van der Waals surface area contributed by atoms with Crippen molar-refractivity contribution in [2.45, 2.75) is 20.8 Å². The third kappa shape index (κ3) is 4.81. The van der Waals surface area contributed by atoms with E-state index in [0.717, 1.165) is 5.56 Å². The van der Waals surface area contributed by atoms with Gasteiger partial charge in [-0.2, -0.15) is 0 Å². The van der Waals surface area contributed by atoms with E-state index < -0.39 is 5.91 Å². The molecule has 3 aromatic carbocycles. The summed E-state index contributed by atoms with van der Waals surface area (Å²) in [6.07, 6.45) is 0. The van der Waals surface area contributed by atoms with Crippen LogP contribution >= 0.6 is 0 Å². The molecule has 1 aliphatic rings. The summed E-state index contributed by atoms with van der Waals surface area (Å²) >= 11 is 0. The number of imide groups is 1. The summed E-state index contributed by atoms with van der Waals surface area (Å²) in [5, 5.41) is 3.17. The van der Waals surface area contributed by atoms with Gasteiger partial charge in [0.05, 0.1) is 25.0 Å². The minimum atomic E-state index is -0.409. The number of amides is 2. The van der Waals surface area contributed by atoms with Crippen LogP contribution in [-0.2, 0) is 9.59 Å². The Hall–Kier alpha value is -4.06. The van der Waals surface area contributed by atoms with Crippen LogP contribution in [0.25, 0.3) is 5.57 Å². The van der Waals surface area contributed by atoms with Gasteiger partial charge in [-0.15, -0.1) is 0 Å². The van der Waals surface area contributed by atoms with E-state index in [-0.39, 0.29) is 11.6 Å². The average molecular weight is 457 g/mol. The van der Waals surface area contributed by atoms with Gasteiger partial charge >= 0.3 is 0 Å². The van der Waals surface area contributed by atoms with Crippen LogP contribution < -0.4 is 19.7 Å². The maximum Gasteiger partial charge on any atom is 0.282 e. The summed E-state index contributed by atoms with van der Waals surface area (Å²) < 4.78 is 11.1. The number of anilines is 2. The quantitative estimate of drug-likeness (QED) is 0.458. The zero-order valence-electron chi connectivity index (χ0n) is 19.8. The second kappa shape index (κ2) is 9.83. The monoisotopic (exact) mass is 456 g/mol. The van der Waals surface area contributed by atoms with Gasteiger partial charge in [-0.3, -0.25) is 9.59 Å². The molecule has 0 spiro atoms. The third-order valence-electron chi connectivity index (χ3n) is 5.41. The third-order valence-corrected chi connectivity index (χ3v) is 5.41. The summed E-state index contributed by atoms with van der Waals surface area (Å²) in [6.45, 7) is 6.69. The lowest BCUT2D eigenvalue weighted by molar-refractivity contribution is -0.120. The van der Waals surface area contributed by atoms with Crippen molar-refractivity contribution < 1.29 is 19.1 Å². The van der Waals surface area contributed by atoms with Crippen molar-refractivity contribution in [3.05, 3.63) is 89.6 Å². The molecule has 0 saturated heterocycles. The molecule has 0 fully saturated rings. The fraction of sp³-hybridized carbons (Fsp3) is 0.214. The lowest BCUT2D eigenvalue weighted by Gasteiger charge is -2.16. The van der Waals surface area contributed by atoms with Gasteiger partial charge in [0.2, 0.25) is 0 Å². The lowest BCUT2D eigenvalue weighted by Crippen LogP contribution is -2.32. The first-order chi connectivity index (χ1) is 16.4. The van der Waals surface area contributed by atoms with Crippen LogP contribution in [0.4, 0.5) is 11.4 Å². The van der Waals surface area contributed by atoms with Crippen LogP contribution in [0.1, 0.15) is 25.0 Å². The van der Waals surface area contributed by atoms with Gasteiger partial charge in [0.25, 0.3) is 11.8 Å². The van der Waals surface area contributed by atoms with Crippen LogP contribution in [0.15, 0.2) is 78.5 Å². The van der Waals surface area contributed by atoms with Gasteiger partial charge in [-0.25, -0.2) is 4.90 Å². The summed E-state index contributed by atoms with van der Waals surface area (Å²) in [6, 6.07) is 21.8. The number of nitrogens with zero attached hydrogens (tertiary/aromatic N) is 1. The van der Waals surface area contributed by atoms with Crippen molar-refractivity contribution in [3.63, 3.8) is 0 Å². The number of hydrogen-bond acceptors (Lipinski definition) is 5. The van der Waals surface area contributed by atoms with E-state index in [9.17, 15) is 9.59 Å². The highest BCUT2D eigenvalue weighted by molar-refractivity contribution is 6.46. The normalized spacial score (nSPS) is 13.6. The molecule has 0 saturated carbocycles. The Morgan fingerprint density at radius 3 is 2.29 bits per heavy atom. The van der Waals surface area contributed by atoms with Crippen molar-refractivity contribution in [1.29, 1.82) is 0 Å². The fourth-order valence-corrected chi connectivity index (χ4v) is 3.74. The van der Waals surface area contributed by atoms with E-state index in [2.05, 4.69) is 19.2 Å². The lowest BCUT2D eigenvalue weighted by atomic mass is 10.0. The number of benzene rings is 3. The first kappa shape index (κ1) is 23.1. The molecule has 0 aromatic heterocycles. The van der Waals surface area contributed by atoms with E-state index in [1.54, 1.807) is 19.2 Å². The van der Waals surface area contributed by atoms with Gasteiger partial charge in [0, 0.05) is 11.8 Å². The van der Waals surface area contributed by atoms with Gasteiger partial charge in [0.15, 0.2) is 0 Å². The van der Waals surface area contributed by atoms with Crippen LogP contribution in [0, 0.1) is 12.8 Å².